The third kappa shape index (κ3) is 4.51. The monoisotopic (exact) mass is 447 g/mol. The first-order chi connectivity index (χ1) is 16.1. The van der Waals surface area contributed by atoms with Gasteiger partial charge in [0.2, 0.25) is 11.7 Å². The van der Waals surface area contributed by atoms with Gasteiger partial charge in [-0.1, -0.05) is 17.6 Å². The van der Waals surface area contributed by atoms with Crippen molar-refractivity contribution in [1.29, 1.82) is 0 Å². The van der Waals surface area contributed by atoms with E-state index in [2.05, 4.69) is 32.5 Å². The van der Waals surface area contributed by atoms with Gasteiger partial charge in [0.25, 0.3) is 0 Å². The first-order valence-corrected chi connectivity index (χ1v) is 11.5. The topological polar surface area (TPSA) is 83.7 Å². The summed E-state index contributed by atoms with van der Waals surface area (Å²) in [5.41, 5.74) is 3.85. The normalized spacial score (nSPS) is 16.4. The second kappa shape index (κ2) is 9.13. The highest BCUT2D eigenvalue weighted by molar-refractivity contribution is 5.91. The fourth-order valence-corrected chi connectivity index (χ4v) is 4.28. The summed E-state index contributed by atoms with van der Waals surface area (Å²) in [4.78, 5) is 21.5. The van der Waals surface area contributed by atoms with E-state index < -0.39 is 0 Å². The number of benzene rings is 2. The van der Waals surface area contributed by atoms with Crippen molar-refractivity contribution in [3.05, 3.63) is 53.9 Å². The third-order valence-electron chi connectivity index (χ3n) is 6.55. The van der Waals surface area contributed by atoms with E-state index in [-0.39, 0.29) is 6.03 Å². The van der Waals surface area contributed by atoms with Crippen molar-refractivity contribution < 1.29 is 14.1 Å². The number of amides is 2. The van der Waals surface area contributed by atoms with Crippen LogP contribution in [0.2, 0.25) is 0 Å². The molecule has 2 amide bonds. The van der Waals surface area contributed by atoms with Crippen molar-refractivity contribution in [3.63, 3.8) is 0 Å². The molecule has 8 heteroatoms. The van der Waals surface area contributed by atoms with Crippen molar-refractivity contribution in [2.75, 3.05) is 43.5 Å². The number of piperazine rings is 1. The number of ether oxygens (including phenoxy) is 1. The van der Waals surface area contributed by atoms with Gasteiger partial charge in [-0.2, -0.15) is 4.98 Å². The summed E-state index contributed by atoms with van der Waals surface area (Å²) in [6, 6.07) is 13.9. The number of aromatic nitrogens is 2. The third-order valence-corrected chi connectivity index (χ3v) is 6.55. The molecule has 0 bridgehead atoms. The van der Waals surface area contributed by atoms with Crippen LogP contribution in [0.1, 0.15) is 36.6 Å². The summed E-state index contributed by atoms with van der Waals surface area (Å²) in [5.74, 6) is 2.51. The molecule has 3 aromatic rings. The van der Waals surface area contributed by atoms with Gasteiger partial charge in [-0.15, -0.1) is 0 Å². The van der Waals surface area contributed by atoms with Crippen LogP contribution < -0.4 is 15.0 Å². The van der Waals surface area contributed by atoms with Crippen molar-refractivity contribution in [2.24, 2.45) is 0 Å². The van der Waals surface area contributed by atoms with Gasteiger partial charge in [0.15, 0.2) is 0 Å². The van der Waals surface area contributed by atoms with Gasteiger partial charge < -0.3 is 24.4 Å². The Hall–Kier alpha value is -3.55. The van der Waals surface area contributed by atoms with Gasteiger partial charge >= 0.3 is 6.03 Å². The Bertz CT molecular complexity index is 1120. The summed E-state index contributed by atoms with van der Waals surface area (Å²) in [6.07, 6.45) is 3.53. The van der Waals surface area contributed by atoms with Gasteiger partial charge in [0, 0.05) is 43.3 Å². The van der Waals surface area contributed by atoms with Gasteiger partial charge in [-0.3, -0.25) is 0 Å². The van der Waals surface area contributed by atoms with Crippen LogP contribution in [0.3, 0.4) is 0 Å². The van der Waals surface area contributed by atoms with E-state index in [1.54, 1.807) is 7.11 Å². The smallest absolute Gasteiger partial charge is 0.322 e. The minimum absolute atomic E-state index is 0.103. The Labute approximate surface area is 193 Å². The maximum atomic E-state index is 12.8. The average molecular weight is 448 g/mol. The van der Waals surface area contributed by atoms with Crippen LogP contribution in [0, 0.1) is 6.92 Å². The second-order valence-electron chi connectivity index (χ2n) is 8.74. The summed E-state index contributed by atoms with van der Waals surface area (Å²) < 4.78 is 10.8. The molecule has 0 spiro atoms. The standard InChI is InChI=1S/C25H29N5O3/c1-17-6-11-22(32-2)21(16-17)26-25(31)30-14-12-29(13-15-30)20-9-7-18(8-10-20)23-27-24(33-28-23)19-4-3-5-19/h6-11,16,19H,3-5,12-15H2,1-2H3,(H,26,31). The Kier molecular flexibility index (Phi) is 5.90. The molecule has 1 saturated carbocycles. The molecule has 5 rings (SSSR count). The van der Waals surface area contributed by atoms with E-state index in [1.165, 1.54) is 6.42 Å². The van der Waals surface area contributed by atoms with Crippen molar-refractivity contribution in [3.8, 4) is 17.1 Å². The van der Waals surface area contributed by atoms with Crippen molar-refractivity contribution >= 4 is 17.4 Å². The van der Waals surface area contributed by atoms with Gasteiger partial charge in [-0.25, -0.2) is 4.79 Å². The van der Waals surface area contributed by atoms with Crippen LogP contribution >= 0.6 is 0 Å². The largest absolute Gasteiger partial charge is 0.495 e. The van der Waals surface area contributed by atoms with Crippen LogP contribution in [0.4, 0.5) is 16.2 Å². The molecular formula is C25H29N5O3. The quantitative estimate of drug-likeness (QED) is 0.612. The number of rotatable bonds is 5. The Morgan fingerprint density at radius 2 is 1.85 bits per heavy atom. The van der Waals surface area contributed by atoms with Crippen LogP contribution in [0.15, 0.2) is 47.0 Å². The number of hydrogen-bond acceptors (Lipinski definition) is 6. The first kappa shape index (κ1) is 21.3. The van der Waals surface area contributed by atoms with Gasteiger partial charge in [-0.05, 0) is 61.7 Å². The van der Waals surface area contributed by atoms with Crippen LogP contribution in [0.25, 0.3) is 11.4 Å². The lowest BCUT2D eigenvalue weighted by Crippen LogP contribution is -2.50. The molecule has 8 nitrogen and oxygen atoms in total. The number of methoxy groups -OCH3 is 1. The summed E-state index contributed by atoms with van der Waals surface area (Å²) in [7, 11) is 1.61. The molecule has 1 aromatic heterocycles. The molecule has 2 fully saturated rings. The molecular weight excluding hydrogens is 418 g/mol. The van der Waals surface area contributed by atoms with E-state index in [0.29, 0.717) is 36.3 Å². The number of nitrogens with one attached hydrogen (secondary N) is 1. The van der Waals surface area contributed by atoms with E-state index in [9.17, 15) is 4.79 Å². The minimum Gasteiger partial charge on any atom is -0.495 e. The molecule has 33 heavy (non-hydrogen) atoms. The molecule has 2 heterocycles. The first-order valence-electron chi connectivity index (χ1n) is 11.5. The number of carbonyl (C=O) groups is 1. The second-order valence-corrected chi connectivity index (χ2v) is 8.74. The maximum Gasteiger partial charge on any atom is 0.322 e. The molecule has 1 aliphatic carbocycles. The average Bonchev–Trinajstić information content (AvgIpc) is 3.28. The SMILES string of the molecule is COc1ccc(C)cc1NC(=O)N1CCN(c2ccc(-c3noc(C4CCC4)n3)cc2)CC1. The zero-order valence-electron chi connectivity index (χ0n) is 19.1. The molecule has 1 N–H and O–H groups in total. The molecule has 2 aliphatic rings. The van der Waals surface area contributed by atoms with E-state index in [4.69, 9.17) is 9.26 Å². The zero-order chi connectivity index (χ0) is 22.8. The lowest BCUT2D eigenvalue weighted by Gasteiger charge is -2.36. The fraction of sp³-hybridized carbons (Fsp3) is 0.400. The fourth-order valence-electron chi connectivity index (χ4n) is 4.28. The predicted molar refractivity (Wildman–Crippen MR) is 127 cm³/mol. The number of anilines is 2. The number of aryl methyl sites for hydroxylation is 1. The van der Waals surface area contributed by atoms with E-state index in [1.807, 2.05) is 42.2 Å². The predicted octanol–water partition coefficient (Wildman–Crippen LogP) is 4.68. The molecule has 1 saturated heterocycles. The number of carbonyl (C=O) groups excluding carboxylic acids is 1. The Morgan fingerprint density at radius 3 is 2.52 bits per heavy atom. The molecule has 0 unspecified atom stereocenters. The lowest BCUT2D eigenvalue weighted by molar-refractivity contribution is 0.208. The van der Waals surface area contributed by atoms with Crippen molar-refractivity contribution in [2.45, 2.75) is 32.1 Å². The van der Waals surface area contributed by atoms with Crippen LogP contribution in [-0.2, 0) is 0 Å². The minimum atomic E-state index is -0.103. The highest BCUT2D eigenvalue weighted by Gasteiger charge is 2.26. The maximum absolute atomic E-state index is 12.8. The molecule has 0 atom stereocenters. The number of nitrogens with zero attached hydrogens (tertiary/aromatic N) is 4. The van der Waals surface area contributed by atoms with Gasteiger partial charge in [0.1, 0.15) is 5.75 Å². The summed E-state index contributed by atoms with van der Waals surface area (Å²) in [5, 5.41) is 7.14. The highest BCUT2D eigenvalue weighted by atomic mass is 16.5. The van der Waals surface area contributed by atoms with E-state index >= 15 is 0 Å². The molecule has 1 aliphatic heterocycles. The van der Waals surface area contributed by atoms with Crippen LogP contribution in [-0.4, -0.2) is 54.4 Å². The van der Waals surface area contributed by atoms with E-state index in [0.717, 1.165) is 48.6 Å². The lowest BCUT2D eigenvalue weighted by atomic mass is 9.85. The molecule has 172 valence electrons. The Morgan fingerprint density at radius 1 is 1.09 bits per heavy atom. The summed E-state index contributed by atoms with van der Waals surface area (Å²) >= 11 is 0. The number of urea groups is 1. The summed E-state index contributed by atoms with van der Waals surface area (Å²) in [6.45, 7) is 4.83. The van der Waals surface area contributed by atoms with Crippen LogP contribution in [0.5, 0.6) is 5.75 Å². The molecule has 2 aromatic carbocycles. The van der Waals surface area contributed by atoms with Gasteiger partial charge in [0.05, 0.1) is 12.8 Å². The van der Waals surface area contributed by atoms with Crippen molar-refractivity contribution in [1.82, 2.24) is 15.0 Å². The molecule has 0 radical (unpaired) electrons. The highest BCUT2D eigenvalue weighted by Crippen LogP contribution is 2.36. The Balaban J connectivity index is 1.17. The number of hydrogen-bond donors (Lipinski definition) is 1. The zero-order valence-corrected chi connectivity index (χ0v) is 19.1.